The van der Waals surface area contributed by atoms with Crippen molar-refractivity contribution in [1.29, 1.82) is 0 Å². The second-order valence-corrected chi connectivity index (χ2v) is 2.89. The maximum atomic E-state index is 5.19. The van der Waals surface area contributed by atoms with Gasteiger partial charge in [0.1, 0.15) is 5.60 Å². The van der Waals surface area contributed by atoms with E-state index in [4.69, 9.17) is 9.78 Å². The van der Waals surface area contributed by atoms with Gasteiger partial charge < -0.3 is 5.32 Å². The minimum atomic E-state index is -0.0365. The highest BCUT2D eigenvalue weighted by Crippen LogP contribution is 2.30. The number of piperidine rings is 1. The summed E-state index contributed by atoms with van der Waals surface area (Å²) in [4.78, 5) is 10.0. The monoisotopic (exact) mass is 142 g/mol. The first kappa shape index (κ1) is 6.58. The molecule has 3 nitrogen and oxygen atoms in total. The van der Waals surface area contributed by atoms with Gasteiger partial charge in [-0.1, -0.05) is 0 Å². The van der Waals surface area contributed by atoms with Gasteiger partial charge in [0, 0.05) is 6.42 Å². The molecule has 0 bridgehead atoms. The Morgan fingerprint density at radius 1 is 1.30 bits per heavy atom. The summed E-state index contributed by atoms with van der Waals surface area (Å²) in [5.74, 6) is 0. The van der Waals surface area contributed by atoms with Crippen LogP contribution in [-0.2, 0) is 9.78 Å². The molecule has 3 heteroatoms. The minimum absolute atomic E-state index is 0.0365. The summed E-state index contributed by atoms with van der Waals surface area (Å²) >= 11 is 0. The van der Waals surface area contributed by atoms with E-state index in [1.54, 1.807) is 0 Å². The second kappa shape index (κ2) is 2.49. The van der Waals surface area contributed by atoms with Gasteiger partial charge in [-0.25, -0.2) is 9.78 Å². The first-order chi connectivity index (χ1) is 4.91. The van der Waals surface area contributed by atoms with E-state index in [1.807, 2.05) is 0 Å². The van der Waals surface area contributed by atoms with Gasteiger partial charge >= 0.3 is 0 Å². The van der Waals surface area contributed by atoms with Crippen LogP contribution in [0.5, 0.6) is 0 Å². The Morgan fingerprint density at radius 3 is 2.70 bits per heavy atom. The van der Waals surface area contributed by atoms with Crippen molar-refractivity contribution in [1.82, 2.24) is 5.32 Å². The third-order valence-electron chi connectivity index (χ3n) is 2.20. The normalized spacial score (nSPS) is 31.2. The van der Waals surface area contributed by atoms with E-state index in [2.05, 4.69) is 11.7 Å². The standard InChI is InChI=1S/C7H12NO2/c1-4-8-5-2-7(1)3-6-9-10-7/h3,8H,1-2,4-6H2. The van der Waals surface area contributed by atoms with E-state index in [0.717, 1.165) is 25.9 Å². The number of rotatable bonds is 0. The zero-order valence-electron chi connectivity index (χ0n) is 5.93. The molecule has 1 radical (unpaired) electrons. The quantitative estimate of drug-likeness (QED) is 0.493. The van der Waals surface area contributed by atoms with Crippen molar-refractivity contribution in [2.75, 3.05) is 19.7 Å². The third kappa shape index (κ3) is 1.05. The van der Waals surface area contributed by atoms with Crippen molar-refractivity contribution >= 4 is 0 Å². The predicted molar refractivity (Wildman–Crippen MR) is 36.2 cm³/mol. The first-order valence-corrected chi connectivity index (χ1v) is 3.77. The van der Waals surface area contributed by atoms with Crippen molar-refractivity contribution in [2.24, 2.45) is 0 Å². The summed E-state index contributed by atoms with van der Waals surface area (Å²) in [6.07, 6.45) is 4.23. The van der Waals surface area contributed by atoms with E-state index >= 15 is 0 Å². The van der Waals surface area contributed by atoms with Gasteiger partial charge in [-0.3, -0.25) is 0 Å². The average Bonchev–Trinajstić information content (AvgIpc) is 2.39. The number of hydrogen-bond donors (Lipinski definition) is 1. The highest BCUT2D eigenvalue weighted by molar-refractivity contribution is 4.99. The fraction of sp³-hybridized carbons (Fsp3) is 0.857. The van der Waals surface area contributed by atoms with Crippen molar-refractivity contribution in [2.45, 2.75) is 18.4 Å². The van der Waals surface area contributed by atoms with Gasteiger partial charge in [0.05, 0.1) is 6.61 Å². The third-order valence-corrected chi connectivity index (χ3v) is 2.20. The molecule has 2 aliphatic rings. The predicted octanol–water partition coefficient (Wildman–Crippen LogP) is 0.275. The molecule has 1 spiro atoms. The van der Waals surface area contributed by atoms with Crippen LogP contribution in [0.3, 0.4) is 0 Å². The second-order valence-electron chi connectivity index (χ2n) is 2.89. The molecule has 0 aromatic heterocycles. The Morgan fingerprint density at radius 2 is 2.10 bits per heavy atom. The molecule has 2 heterocycles. The molecule has 2 saturated heterocycles. The van der Waals surface area contributed by atoms with Crippen LogP contribution in [0.1, 0.15) is 12.8 Å². The summed E-state index contributed by atoms with van der Waals surface area (Å²) in [5, 5.41) is 3.28. The highest BCUT2D eigenvalue weighted by Gasteiger charge is 2.38. The van der Waals surface area contributed by atoms with Crippen LogP contribution in [0, 0.1) is 6.42 Å². The summed E-state index contributed by atoms with van der Waals surface area (Å²) in [5.41, 5.74) is -0.0365. The molecule has 0 atom stereocenters. The molecule has 0 saturated carbocycles. The van der Waals surface area contributed by atoms with Crippen molar-refractivity contribution < 1.29 is 9.78 Å². The molecule has 0 amide bonds. The van der Waals surface area contributed by atoms with Crippen molar-refractivity contribution in [3.8, 4) is 0 Å². The van der Waals surface area contributed by atoms with E-state index in [9.17, 15) is 0 Å². The SMILES string of the molecule is [CH]1COOC12CCNCC2. The highest BCUT2D eigenvalue weighted by atomic mass is 17.2. The average molecular weight is 142 g/mol. The van der Waals surface area contributed by atoms with Crippen LogP contribution in [0.4, 0.5) is 0 Å². The van der Waals surface area contributed by atoms with Gasteiger partial charge in [0.25, 0.3) is 0 Å². The van der Waals surface area contributed by atoms with Crippen LogP contribution < -0.4 is 5.32 Å². The lowest BCUT2D eigenvalue weighted by atomic mass is 9.90. The van der Waals surface area contributed by atoms with Crippen LogP contribution in [0.25, 0.3) is 0 Å². The molecule has 0 aliphatic carbocycles. The minimum Gasteiger partial charge on any atom is -0.317 e. The molecule has 57 valence electrons. The topological polar surface area (TPSA) is 30.5 Å². The molecule has 2 aliphatic heterocycles. The van der Waals surface area contributed by atoms with Gasteiger partial charge in [-0.2, -0.15) is 0 Å². The Labute approximate surface area is 60.6 Å². The zero-order chi connectivity index (χ0) is 6.86. The Balaban J connectivity index is 1.98. The molecule has 0 aromatic rings. The largest absolute Gasteiger partial charge is 0.317 e. The molecule has 2 rings (SSSR count). The molecule has 1 N–H and O–H groups in total. The van der Waals surface area contributed by atoms with Crippen LogP contribution in [0.15, 0.2) is 0 Å². The van der Waals surface area contributed by atoms with E-state index < -0.39 is 0 Å². The fourth-order valence-electron chi connectivity index (χ4n) is 1.51. The first-order valence-electron chi connectivity index (χ1n) is 3.77. The maximum absolute atomic E-state index is 5.19. The van der Waals surface area contributed by atoms with Crippen LogP contribution in [-0.4, -0.2) is 25.3 Å². The lowest BCUT2D eigenvalue weighted by Gasteiger charge is -2.29. The fourth-order valence-corrected chi connectivity index (χ4v) is 1.51. The molecule has 2 fully saturated rings. The summed E-state index contributed by atoms with van der Waals surface area (Å²) in [7, 11) is 0. The summed E-state index contributed by atoms with van der Waals surface area (Å²) < 4.78 is 0. The molecule has 0 aromatic carbocycles. The molecular formula is C7H12NO2. The molecule has 10 heavy (non-hydrogen) atoms. The maximum Gasteiger partial charge on any atom is 0.112 e. The number of nitrogens with one attached hydrogen (secondary N) is 1. The van der Waals surface area contributed by atoms with Crippen molar-refractivity contribution in [3.63, 3.8) is 0 Å². The van der Waals surface area contributed by atoms with Crippen molar-refractivity contribution in [3.05, 3.63) is 6.42 Å². The zero-order valence-corrected chi connectivity index (χ0v) is 5.93. The van der Waals surface area contributed by atoms with Gasteiger partial charge in [0.2, 0.25) is 0 Å². The molecule has 0 unspecified atom stereocenters. The van der Waals surface area contributed by atoms with Crippen LogP contribution in [0.2, 0.25) is 0 Å². The summed E-state index contributed by atoms with van der Waals surface area (Å²) in [6.45, 7) is 2.74. The van der Waals surface area contributed by atoms with E-state index in [-0.39, 0.29) is 5.60 Å². The van der Waals surface area contributed by atoms with Gasteiger partial charge in [-0.05, 0) is 25.9 Å². The summed E-state index contributed by atoms with van der Waals surface area (Å²) in [6, 6.07) is 0. The lowest BCUT2D eigenvalue weighted by molar-refractivity contribution is -0.311. The van der Waals surface area contributed by atoms with E-state index in [0.29, 0.717) is 6.61 Å². The van der Waals surface area contributed by atoms with E-state index in [1.165, 1.54) is 0 Å². The number of hydrogen-bond acceptors (Lipinski definition) is 3. The Hall–Kier alpha value is -0.120. The Bertz CT molecular complexity index is 113. The molecular weight excluding hydrogens is 130 g/mol. The Kier molecular flexibility index (Phi) is 1.64. The van der Waals surface area contributed by atoms with Gasteiger partial charge in [0.15, 0.2) is 0 Å². The smallest absolute Gasteiger partial charge is 0.112 e. The van der Waals surface area contributed by atoms with Gasteiger partial charge in [-0.15, -0.1) is 0 Å². The lowest BCUT2D eigenvalue weighted by Crippen LogP contribution is -2.41. The van der Waals surface area contributed by atoms with Crippen LogP contribution >= 0.6 is 0 Å².